The van der Waals surface area contributed by atoms with Gasteiger partial charge in [-0.3, -0.25) is 4.79 Å². The lowest BCUT2D eigenvalue weighted by Gasteiger charge is -2.07. The summed E-state index contributed by atoms with van der Waals surface area (Å²) in [5.74, 6) is -0.254. The molecule has 0 aliphatic carbocycles. The van der Waals surface area contributed by atoms with Crippen LogP contribution in [0.25, 0.3) is 10.9 Å². The van der Waals surface area contributed by atoms with Crippen LogP contribution in [0.4, 0.5) is 0 Å². The number of benzene rings is 2. The van der Waals surface area contributed by atoms with Gasteiger partial charge in [0.2, 0.25) is 0 Å². The van der Waals surface area contributed by atoms with Crippen LogP contribution in [0.3, 0.4) is 0 Å². The highest BCUT2D eigenvalue weighted by atomic mass is 35.5. The molecule has 3 rings (SSSR count). The molecular formula is C20H19ClN2O4. The number of hydrogen-bond donors (Lipinski definition) is 2. The van der Waals surface area contributed by atoms with Crippen molar-refractivity contribution < 1.29 is 19.1 Å². The molecule has 1 amide bonds. The van der Waals surface area contributed by atoms with Gasteiger partial charge in [-0.15, -0.1) is 0 Å². The van der Waals surface area contributed by atoms with Crippen LogP contribution >= 0.6 is 11.6 Å². The Morgan fingerprint density at radius 3 is 2.56 bits per heavy atom. The summed E-state index contributed by atoms with van der Waals surface area (Å²) in [6.07, 6.45) is 0.664. The smallest absolute Gasteiger partial charge is 0.356 e. The van der Waals surface area contributed by atoms with Crippen molar-refractivity contribution in [2.24, 2.45) is 0 Å². The van der Waals surface area contributed by atoms with Crippen molar-refractivity contribution in [3.63, 3.8) is 0 Å². The highest BCUT2D eigenvalue weighted by molar-refractivity contribution is 6.38. The third-order valence-electron chi connectivity index (χ3n) is 4.08. The normalized spacial score (nSPS) is 10.6. The predicted octanol–water partition coefficient (Wildman–Crippen LogP) is 3.35. The first-order valence-corrected chi connectivity index (χ1v) is 8.79. The number of esters is 1. The lowest BCUT2D eigenvalue weighted by molar-refractivity contribution is -0.124. The van der Waals surface area contributed by atoms with Gasteiger partial charge in [0.25, 0.3) is 5.91 Å². The molecular weight excluding hydrogens is 368 g/mol. The SMILES string of the molecule is COc1ccc(CCNC(=O)COC(=O)c2[nH]c3ccccc3c2Cl)cc1. The Kier molecular flexibility index (Phi) is 5.98. The van der Waals surface area contributed by atoms with E-state index in [1.807, 2.05) is 42.5 Å². The Morgan fingerprint density at radius 1 is 1.11 bits per heavy atom. The molecule has 3 aromatic rings. The zero-order valence-corrected chi connectivity index (χ0v) is 15.5. The zero-order valence-electron chi connectivity index (χ0n) is 14.8. The Bertz CT molecular complexity index is 950. The number of H-pyrrole nitrogens is 1. The van der Waals surface area contributed by atoms with Gasteiger partial charge in [-0.1, -0.05) is 41.9 Å². The van der Waals surface area contributed by atoms with E-state index in [-0.39, 0.29) is 23.2 Å². The van der Waals surface area contributed by atoms with Crippen LogP contribution in [0.2, 0.25) is 5.02 Å². The van der Waals surface area contributed by atoms with Crippen molar-refractivity contribution in [1.29, 1.82) is 0 Å². The van der Waals surface area contributed by atoms with Crippen LogP contribution in [0, 0.1) is 0 Å². The summed E-state index contributed by atoms with van der Waals surface area (Å²) in [6, 6.07) is 14.9. The monoisotopic (exact) mass is 386 g/mol. The van der Waals surface area contributed by atoms with Crippen LogP contribution in [0.1, 0.15) is 16.1 Å². The van der Waals surface area contributed by atoms with Gasteiger partial charge in [0.05, 0.1) is 12.1 Å². The lowest BCUT2D eigenvalue weighted by atomic mass is 10.1. The Balaban J connectivity index is 1.46. The number of carbonyl (C=O) groups excluding carboxylic acids is 2. The highest BCUT2D eigenvalue weighted by Crippen LogP contribution is 2.27. The van der Waals surface area contributed by atoms with Crippen LogP contribution in [0.5, 0.6) is 5.75 Å². The molecule has 6 nitrogen and oxygen atoms in total. The minimum absolute atomic E-state index is 0.142. The predicted molar refractivity (Wildman–Crippen MR) is 103 cm³/mol. The number of aromatic nitrogens is 1. The van der Waals surface area contributed by atoms with Crippen molar-refractivity contribution in [2.75, 3.05) is 20.3 Å². The van der Waals surface area contributed by atoms with Crippen LogP contribution < -0.4 is 10.1 Å². The first-order chi connectivity index (χ1) is 13.1. The molecule has 1 aromatic heterocycles. The number of para-hydroxylation sites is 1. The van der Waals surface area contributed by atoms with Gasteiger partial charge in [-0.05, 0) is 30.2 Å². The number of nitrogens with one attached hydrogen (secondary N) is 2. The molecule has 27 heavy (non-hydrogen) atoms. The van der Waals surface area contributed by atoms with Crippen molar-refractivity contribution >= 4 is 34.4 Å². The molecule has 0 saturated heterocycles. The molecule has 0 radical (unpaired) electrons. The van der Waals surface area contributed by atoms with Crippen LogP contribution in [0.15, 0.2) is 48.5 Å². The second-order valence-corrected chi connectivity index (χ2v) is 6.26. The summed E-state index contributed by atoms with van der Waals surface area (Å²) in [5.41, 5.74) is 1.94. The number of rotatable bonds is 7. The molecule has 7 heteroatoms. The van der Waals surface area contributed by atoms with E-state index in [1.165, 1.54) is 0 Å². The first kappa shape index (κ1) is 18.8. The van der Waals surface area contributed by atoms with Gasteiger partial charge in [0.15, 0.2) is 6.61 Å². The first-order valence-electron chi connectivity index (χ1n) is 8.41. The number of fused-ring (bicyclic) bond motifs is 1. The van der Waals surface area contributed by atoms with E-state index in [1.54, 1.807) is 13.2 Å². The number of aromatic amines is 1. The zero-order chi connectivity index (χ0) is 19.2. The summed E-state index contributed by atoms with van der Waals surface area (Å²) in [4.78, 5) is 27.0. The number of methoxy groups -OCH3 is 1. The molecule has 0 bridgehead atoms. The van der Waals surface area contributed by atoms with Crippen LogP contribution in [-0.2, 0) is 16.0 Å². The van der Waals surface area contributed by atoms with E-state index in [0.29, 0.717) is 13.0 Å². The maximum absolute atomic E-state index is 12.2. The largest absolute Gasteiger partial charge is 0.497 e. The molecule has 0 fully saturated rings. The number of amides is 1. The minimum Gasteiger partial charge on any atom is -0.497 e. The van der Waals surface area contributed by atoms with Gasteiger partial charge in [0.1, 0.15) is 11.4 Å². The number of halogens is 1. The van der Waals surface area contributed by atoms with E-state index in [9.17, 15) is 9.59 Å². The molecule has 2 aromatic carbocycles. The molecule has 0 spiro atoms. The van der Waals surface area contributed by atoms with E-state index in [4.69, 9.17) is 21.1 Å². The van der Waals surface area contributed by atoms with Gasteiger partial charge in [-0.25, -0.2) is 4.79 Å². The van der Waals surface area contributed by atoms with Crippen molar-refractivity contribution in [3.05, 3.63) is 64.8 Å². The summed E-state index contributed by atoms with van der Waals surface area (Å²) >= 11 is 6.20. The van der Waals surface area contributed by atoms with Gasteiger partial charge < -0.3 is 19.8 Å². The molecule has 0 atom stereocenters. The number of hydrogen-bond acceptors (Lipinski definition) is 4. The van der Waals surface area contributed by atoms with E-state index >= 15 is 0 Å². The average Bonchev–Trinajstić information content (AvgIpc) is 3.04. The average molecular weight is 387 g/mol. The fourth-order valence-electron chi connectivity index (χ4n) is 2.64. The lowest BCUT2D eigenvalue weighted by Crippen LogP contribution is -2.30. The summed E-state index contributed by atoms with van der Waals surface area (Å²) in [6.45, 7) is 0.0724. The van der Waals surface area contributed by atoms with E-state index in [0.717, 1.165) is 22.2 Å². The standard InChI is InChI=1S/C20H19ClN2O4/c1-26-14-8-6-13(7-9-14)10-11-22-17(24)12-27-20(25)19-18(21)15-4-2-3-5-16(15)23-19/h2-9,23H,10-12H2,1H3,(H,22,24). The number of ether oxygens (including phenoxy) is 2. The van der Waals surface area contributed by atoms with Gasteiger partial charge in [0, 0.05) is 17.4 Å². The van der Waals surface area contributed by atoms with E-state index in [2.05, 4.69) is 10.3 Å². The molecule has 1 heterocycles. The minimum atomic E-state index is -0.665. The molecule has 0 aliphatic rings. The Hall–Kier alpha value is -2.99. The fraction of sp³-hybridized carbons (Fsp3) is 0.200. The molecule has 0 saturated carbocycles. The molecule has 0 unspecified atom stereocenters. The third-order valence-corrected chi connectivity index (χ3v) is 4.47. The molecule has 140 valence electrons. The van der Waals surface area contributed by atoms with Gasteiger partial charge >= 0.3 is 5.97 Å². The third kappa shape index (κ3) is 4.60. The topological polar surface area (TPSA) is 80.4 Å². The maximum Gasteiger partial charge on any atom is 0.356 e. The summed E-state index contributed by atoms with van der Waals surface area (Å²) in [5, 5.41) is 3.74. The maximum atomic E-state index is 12.2. The van der Waals surface area contributed by atoms with Crippen molar-refractivity contribution in [3.8, 4) is 5.75 Å². The highest BCUT2D eigenvalue weighted by Gasteiger charge is 2.18. The van der Waals surface area contributed by atoms with Crippen LogP contribution in [-0.4, -0.2) is 37.1 Å². The van der Waals surface area contributed by atoms with Crippen molar-refractivity contribution in [1.82, 2.24) is 10.3 Å². The molecule has 2 N–H and O–H groups in total. The second-order valence-electron chi connectivity index (χ2n) is 5.88. The van der Waals surface area contributed by atoms with Gasteiger partial charge in [-0.2, -0.15) is 0 Å². The quantitative estimate of drug-likeness (QED) is 0.610. The Morgan fingerprint density at radius 2 is 1.85 bits per heavy atom. The Labute approximate surface area is 161 Å². The second kappa shape index (κ2) is 8.60. The fourth-order valence-corrected chi connectivity index (χ4v) is 2.93. The summed E-state index contributed by atoms with van der Waals surface area (Å²) in [7, 11) is 1.61. The van der Waals surface area contributed by atoms with Crippen molar-refractivity contribution in [2.45, 2.75) is 6.42 Å². The summed E-state index contributed by atoms with van der Waals surface area (Å²) < 4.78 is 10.2. The van der Waals surface area contributed by atoms with E-state index < -0.39 is 5.97 Å². The number of carbonyl (C=O) groups is 2. The molecule has 0 aliphatic heterocycles.